The minimum absolute atomic E-state index is 0.0454. The van der Waals surface area contributed by atoms with Gasteiger partial charge in [0.2, 0.25) is 0 Å². The van der Waals surface area contributed by atoms with E-state index in [4.69, 9.17) is 9.84 Å². The minimum Gasteiger partial charge on any atom is -0.455 e. The van der Waals surface area contributed by atoms with Crippen LogP contribution in [0.2, 0.25) is 0 Å². The van der Waals surface area contributed by atoms with Crippen molar-refractivity contribution in [3.8, 4) is 78.5 Å². The molecule has 8 aromatic rings. The van der Waals surface area contributed by atoms with Crippen LogP contribution in [0.1, 0.15) is 85.4 Å². The maximum absolute atomic E-state index is 7.33. The molecule has 63 heavy (non-hydrogen) atoms. The van der Waals surface area contributed by atoms with Crippen LogP contribution in [-0.4, -0.2) is 10.2 Å². The second-order valence-corrected chi connectivity index (χ2v) is 19.1. The fraction of sp³-hybridized carbons (Fsp3) is 0.183. The van der Waals surface area contributed by atoms with Gasteiger partial charge in [0.1, 0.15) is 11.5 Å². The summed E-state index contributed by atoms with van der Waals surface area (Å²) in [5.74, 6) is 2.16. The van der Waals surface area contributed by atoms with E-state index in [2.05, 4.69) is 197 Å². The number of H-pyrrole nitrogens is 1. The molecule has 0 saturated heterocycles. The second-order valence-electron chi connectivity index (χ2n) is 19.1. The average Bonchev–Trinajstić information content (AvgIpc) is 3.81. The molecular weight excluding hydrogens is 765 g/mol. The minimum atomic E-state index is -0.302. The van der Waals surface area contributed by atoms with E-state index < -0.39 is 0 Å². The third-order valence-corrected chi connectivity index (χ3v) is 14.8. The highest BCUT2D eigenvalue weighted by Gasteiger charge is 2.39. The number of aromatic nitrogens is 2. The lowest BCUT2D eigenvalue weighted by Crippen LogP contribution is -2.25. The molecule has 0 spiro atoms. The summed E-state index contributed by atoms with van der Waals surface area (Å²) in [6.45, 7) is 11.6. The molecule has 1 N–H and O–H groups in total. The molecule has 0 saturated carbocycles. The molecule has 2 heterocycles. The first-order valence-electron chi connectivity index (χ1n) is 22.6. The first kappa shape index (κ1) is 37.8. The number of para-hydroxylation sites is 2. The SMILES string of the molecule is Cc1c(-c2ccccc2)n[nH]c1-c1cccc(-c2cccc3c2Oc2c(-c4ccc5c(c4)-c4cc6c(cc4CC5C4=CCCC=C4)C(C)(C)c4ccccc4-6)cccc2C3(C)C)c1. The van der Waals surface area contributed by atoms with Gasteiger partial charge in [0.15, 0.2) is 0 Å². The largest absolute Gasteiger partial charge is 0.455 e. The van der Waals surface area contributed by atoms with Crippen molar-refractivity contribution in [2.24, 2.45) is 0 Å². The van der Waals surface area contributed by atoms with Crippen LogP contribution < -0.4 is 4.74 Å². The van der Waals surface area contributed by atoms with Crippen LogP contribution in [0.25, 0.3) is 67.0 Å². The molecule has 12 rings (SSSR count). The number of nitrogens with zero attached hydrogens (tertiary/aromatic N) is 1. The summed E-state index contributed by atoms with van der Waals surface area (Å²) in [5, 5.41) is 8.12. The van der Waals surface area contributed by atoms with Gasteiger partial charge < -0.3 is 4.74 Å². The van der Waals surface area contributed by atoms with Crippen molar-refractivity contribution in [1.82, 2.24) is 10.2 Å². The van der Waals surface area contributed by atoms with E-state index in [1.807, 2.05) is 6.07 Å². The molecule has 0 bridgehead atoms. The molecule has 4 aliphatic rings. The molecule has 1 atom stereocenters. The van der Waals surface area contributed by atoms with Crippen molar-refractivity contribution in [2.75, 3.05) is 0 Å². The van der Waals surface area contributed by atoms with Crippen molar-refractivity contribution in [1.29, 1.82) is 0 Å². The van der Waals surface area contributed by atoms with E-state index in [1.54, 1.807) is 0 Å². The summed E-state index contributed by atoms with van der Waals surface area (Å²) in [6.07, 6.45) is 10.4. The topological polar surface area (TPSA) is 37.9 Å². The first-order chi connectivity index (χ1) is 30.7. The van der Waals surface area contributed by atoms with E-state index in [9.17, 15) is 0 Å². The van der Waals surface area contributed by atoms with Crippen LogP contribution in [0, 0.1) is 6.92 Å². The second kappa shape index (κ2) is 14.0. The summed E-state index contributed by atoms with van der Waals surface area (Å²) in [5.41, 5.74) is 24.4. The number of ether oxygens (including phenoxy) is 1. The van der Waals surface area contributed by atoms with Crippen molar-refractivity contribution in [3.63, 3.8) is 0 Å². The molecule has 1 unspecified atom stereocenters. The monoisotopic (exact) mass is 814 g/mol. The highest BCUT2D eigenvalue weighted by Crippen LogP contribution is 2.56. The number of rotatable bonds is 5. The maximum atomic E-state index is 7.33. The summed E-state index contributed by atoms with van der Waals surface area (Å²) >= 11 is 0. The lowest BCUT2D eigenvalue weighted by molar-refractivity contribution is 0.421. The van der Waals surface area contributed by atoms with E-state index in [-0.39, 0.29) is 10.8 Å². The quantitative estimate of drug-likeness (QED) is 0.188. The van der Waals surface area contributed by atoms with Crippen LogP contribution >= 0.6 is 0 Å². The standard InChI is InChI=1S/C60H50N2O/c1-36-55(38-19-10-7-11-20-38)61-62-56(36)41-22-14-21-39(31-41)43-24-15-27-52-57(43)63-58-44(25-16-28-53(58)60(52,4)5)40-29-30-45-47(37-17-8-6-9-18-37)33-42-34-54-50(35-48(42)49(45)32-40)46-23-12-13-26-51(46)59(54,2)3/h7-8,10-32,34-35,47H,6,9,33H2,1-5H3,(H,61,62). The van der Waals surface area contributed by atoms with Gasteiger partial charge in [0.05, 0.1) is 11.4 Å². The molecule has 3 nitrogen and oxygen atoms in total. The lowest BCUT2D eigenvalue weighted by atomic mass is 9.71. The van der Waals surface area contributed by atoms with Crippen molar-refractivity contribution in [2.45, 2.75) is 70.6 Å². The Balaban J connectivity index is 0.980. The smallest absolute Gasteiger partial charge is 0.139 e. The maximum Gasteiger partial charge on any atom is 0.139 e. The molecule has 0 radical (unpaired) electrons. The molecule has 306 valence electrons. The number of allylic oxidation sites excluding steroid dienone is 4. The van der Waals surface area contributed by atoms with Gasteiger partial charge in [-0.3, -0.25) is 5.10 Å². The van der Waals surface area contributed by atoms with E-state index >= 15 is 0 Å². The van der Waals surface area contributed by atoms with Gasteiger partial charge in [-0.1, -0.05) is 173 Å². The van der Waals surface area contributed by atoms with Crippen molar-refractivity contribution >= 4 is 0 Å². The van der Waals surface area contributed by atoms with Gasteiger partial charge in [-0.25, -0.2) is 0 Å². The van der Waals surface area contributed by atoms with Gasteiger partial charge >= 0.3 is 0 Å². The number of hydrogen-bond donors (Lipinski definition) is 1. The zero-order valence-corrected chi connectivity index (χ0v) is 36.6. The summed E-state index contributed by atoms with van der Waals surface area (Å²) in [6, 6.07) is 53.9. The Hall–Kier alpha value is -6.97. The van der Waals surface area contributed by atoms with Crippen LogP contribution in [0.4, 0.5) is 0 Å². The molecule has 3 aliphatic carbocycles. The molecule has 3 heteroatoms. The van der Waals surface area contributed by atoms with Gasteiger partial charge in [0.25, 0.3) is 0 Å². The number of fused-ring (bicyclic) bond motifs is 8. The van der Waals surface area contributed by atoms with Gasteiger partial charge in [-0.2, -0.15) is 5.10 Å². The summed E-state index contributed by atoms with van der Waals surface area (Å²) in [4.78, 5) is 0. The summed E-state index contributed by atoms with van der Waals surface area (Å²) in [7, 11) is 0. The number of aromatic amines is 1. The average molecular weight is 815 g/mol. The zero-order valence-electron chi connectivity index (χ0n) is 36.6. The Morgan fingerprint density at radius 3 is 1.95 bits per heavy atom. The Kier molecular flexibility index (Phi) is 8.41. The Labute approximate surface area is 370 Å². The normalized spacial score (nSPS) is 17.0. The van der Waals surface area contributed by atoms with Crippen LogP contribution in [0.5, 0.6) is 11.5 Å². The van der Waals surface area contributed by atoms with Gasteiger partial charge in [-0.05, 0) is 106 Å². The number of hydrogen-bond acceptors (Lipinski definition) is 2. The zero-order chi connectivity index (χ0) is 42.6. The van der Waals surface area contributed by atoms with Gasteiger partial charge in [-0.15, -0.1) is 0 Å². The van der Waals surface area contributed by atoms with Crippen molar-refractivity contribution in [3.05, 3.63) is 208 Å². The first-order valence-corrected chi connectivity index (χ1v) is 22.6. The highest BCUT2D eigenvalue weighted by atomic mass is 16.5. The lowest BCUT2D eigenvalue weighted by Gasteiger charge is -2.37. The van der Waals surface area contributed by atoms with Crippen molar-refractivity contribution < 1.29 is 4.74 Å². The molecule has 0 fully saturated rings. The van der Waals surface area contributed by atoms with Crippen LogP contribution in [0.3, 0.4) is 0 Å². The molecule has 0 amide bonds. The Bertz CT molecular complexity index is 3250. The molecular formula is C60H50N2O. The summed E-state index contributed by atoms with van der Waals surface area (Å²) < 4.78 is 7.33. The van der Waals surface area contributed by atoms with E-state index in [0.29, 0.717) is 5.92 Å². The van der Waals surface area contributed by atoms with E-state index in [1.165, 1.54) is 66.8 Å². The highest BCUT2D eigenvalue weighted by molar-refractivity contribution is 5.90. The number of benzene rings is 7. The third-order valence-electron chi connectivity index (χ3n) is 14.8. The van der Waals surface area contributed by atoms with Crippen LogP contribution in [-0.2, 0) is 17.3 Å². The molecule has 1 aliphatic heterocycles. The fourth-order valence-electron chi connectivity index (χ4n) is 11.4. The Morgan fingerprint density at radius 2 is 1.19 bits per heavy atom. The predicted molar refractivity (Wildman–Crippen MR) is 260 cm³/mol. The Morgan fingerprint density at radius 1 is 0.540 bits per heavy atom. The number of nitrogens with one attached hydrogen (secondary N) is 1. The molecule has 1 aromatic heterocycles. The van der Waals surface area contributed by atoms with E-state index in [0.717, 1.165) is 75.5 Å². The predicted octanol–water partition coefficient (Wildman–Crippen LogP) is 15.7. The van der Waals surface area contributed by atoms with Crippen LogP contribution in [0.15, 0.2) is 169 Å². The van der Waals surface area contributed by atoms with Gasteiger partial charge in [0, 0.05) is 55.7 Å². The molecule has 7 aromatic carbocycles. The third kappa shape index (κ3) is 5.75. The fourth-order valence-corrected chi connectivity index (χ4v) is 11.4.